The van der Waals surface area contributed by atoms with Gasteiger partial charge in [-0.2, -0.15) is 0 Å². The summed E-state index contributed by atoms with van der Waals surface area (Å²) in [7, 11) is 0. The van der Waals surface area contributed by atoms with Crippen molar-refractivity contribution in [1.82, 2.24) is 9.55 Å². The molecule has 3 nitrogen and oxygen atoms in total. The van der Waals surface area contributed by atoms with E-state index < -0.39 is 0 Å². The first kappa shape index (κ1) is 10.4. The van der Waals surface area contributed by atoms with Crippen LogP contribution in [-0.2, 0) is 0 Å². The lowest BCUT2D eigenvalue weighted by Crippen LogP contribution is -2.18. The summed E-state index contributed by atoms with van der Waals surface area (Å²) >= 11 is 0. The number of hydrogen-bond donors (Lipinski definition) is 1. The van der Waals surface area contributed by atoms with Crippen LogP contribution < -0.4 is 5.32 Å². The molecule has 2 aromatic rings. The number of nitrogens with zero attached hydrogens (tertiary/aromatic N) is 2. The molecule has 1 unspecified atom stereocenters. The van der Waals surface area contributed by atoms with Gasteiger partial charge in [0.1, 0.15) is 0 Å². The average Bonchev–Trinajstić information content (AvgIpc) is 3.06. The van der Waals surface area contributed by atoms with Crippen LogP contribution in [0.15, 0.2) is 43.0 Å². The molecule has 1 aromatic carbocycles. The van der Waals surface area contributed by atoms with Crippen molar-refractivity contribution in [2.45, 2.75) is 25.8 Å². The lowest BCUT2D eigenvalue weighted by molar-refractivity contribution is 0.693. The standard InChI is InChI=1S/C14H17N3/c1-11(12-6-7-12)16-13-4-2-3-5-14(13)17-9-8-15-10-17/h2-5,8-12,16H,6-7H2,1H3. The van der Waals surface area contributed by atoms with E-state index in [1.165, 1.54) is 18.5 Å². The predicted octanol–water partition coefficient (Wildman–Crippen LogP) is 3.08. The number of benzene rings is 1. The normalized spacial score (nSPS) is 16.8. The van der Waals surface area contributed by atoms with Crippen molar-refractivity contribution in [3.8, 4) is 5.69 Å². The number of hydrogen-bond acceptors (Lipinski definition) is 2. The Morgan fingerprint density at radius 2 is 2.18 bits per heavy atom. The lowest BCUT2D eigenvalue weighted by Gasteiger charge is -2.17. The summed E-state index contributed by atoms with van der Waals surface area (Å²) in [6, 6.07) is 8.93. The van der Waals surface area contributed by atoms with E-state index in [4.69, 9.17) is 0 Å². The quantitative estimate of drug-likeness (QED) is 0.870. The molecule has 0 aliphatic heterocycles. The Hall–Kier alpha value is -1.77. The molecule has 1 atom stereocenters. The van der Waals surface area contributed by atoms with Crippen LogP contribution in [-0.4, -0.2) is 15.6 Å². The van der Waals surface area contributed by atoms with Crippen LogP contribution in [0.5, 0.6) is 0 Å². The topological polar surface area (TPSA) is 29.9 Å². The van der Waals surface area contributed by atoms with Gasteiger partial charge in [0, 0.05) is 18.4 Å². The molecule has 3 heteroatoms. The van der Waals surface area contributed by atoms with Crippen molar-refractivity contribution >= 4 is 5.69 Å². The second-order valence-corrected chi connectivity index (χ2v) is 4.76. The molecule has 1 aromatic heterocycles. The first-order valence-corrected chi connectivity index (χ1v) is 6.18. The van der Waals surface area contributed by atoms with Crippen molar-refractivity contribution < 1.29 is 0 Å². The van der Waals surface area contributed by atoms with Gasteiger partial charge in [-0.3, -0.25) is 0 Å². The first-order valence-electron chi connectivity index (χ1n) is 6.18. The maximum atomic E-state index is 4.10. The van der Waals surface area contributed by atoms with Crippen LogP contribution >= 0.6 is 0 Å². The molecule has 1 fully saturated rings. The highest BCUT2D eigenvalue weighted by Gasteiger charge is 2.28. The molecule has 1 saturated carbocycles. The second kappa shape index (κ2) is 4.24. The summed E-state index contributed by atoms with van der Waals surface area (Å²) < 4.78 is 2.04. The third-order valence-corrected chi connectivity index (χ3v) is 3.40. The van der Waals surface area contributed by atoms with Crippen LogP contribution in [0.25, 0.3) is 5.69 Å². The number of para-hydroxylation sites is 2. The van der Waals surface area contributed by atoms with E-state index >= 15 is 0 Å². The molecular weight excluding hydrogens is 210 g/mol. The van der Waals surface area contributed by atoms with Gasteiger partial charge in [-0.05, 0) is 37.8 Å². The van der Waals surface area contributed by atoms with E-state index in [1.54, 1.807) is 6.20 Å². The van der Waals surface area contributed by atoms with E-state index in [0.717, 1.165) is 11.6 Å². The molecule has 1 aliphatic rings. The number of aromatic nitrogens is 2. The third kappa shape index (κ3) is 2.18. The molecule has 1 aliphatic carbocycles. The Morgan fingerprint density at radius 3 is 2.88 bits per heavy atom. The van der Waals surface area contributed by atoms with E-state index in [0.29, 0.717) is 6.04 Å². The number of anilines is 1. The molecule has 88 valence electrons. The number of imidazole rings is 1. The largest absolute Gasteiger partial charge is 0.381 e. The zero-order chi connectivity index (χ0) is 11.7. The van der Waals surface area contributed by atoms with Gasteiger partial charge >= 0.3 is 0 Å². The fourth-order valence-electron chi connectivity index (χ4n) is 2.18. The Balaban J connectivity index is 1.88. The van der Waals surface area contributed by atoms with Gasteiger partial charge in [0.05, 0.1) is 17.7 Å². The summed E-state index contributed by atoms with van der Waals surface area (Å²) in [5.41, 5.74) is 2.35. The predicted molar refractivity (Wildman–Crippen MR) is 69.4 cm³/mol. The zero-order valence-electron chi connectivity index (χ0n) is 10.0. The third-order valence-electron chi connectivity index (χ3n) is 3.40. The second-order valence-electron chi connectivity index (χ2n) is 4.76. The van der Waals surface area contributed by atoms with Gasteiger partial charge in [-0.15, -0.1) is 0 Å². The maximum Gasteiger partial charge on any atom is 0.0992 e. The summed E-state index contributed by atoms with van der Waals surface area (Å²) in [6.07, 6.45) is 8.34. The Morgan fingerprint density at radius 1 is 1.35 bits per heavy atom. The highest BCUT2D eigenvalue weighted by atomic mass is 15.1. The summed E-state index contributed by atoms with van der Waals surface area (Å²) in [5, 5.41) is 3.61. The van der Waals surface area contributed by atoms with Crippen LogP contribution in [0.1, 0.15) is 19.8 Å². The Bertz CT molecular complexity index is 486. The molecule has 1 N–H and O–H groups in total. The van der Waals surface area contributed by atoms with Crippen LogP contribution in [0, 0.1) is 5.92 Å². The number of nitrogens with one attached hydrogen (secondary N) is 1. The summed E-state index contributed by atoms with van der Waals surface area (Å²) in [6.45, 7) is 2.27. The van der Waals surface area contributed by atoms with Crippen molar-refractivity contribution in [3.63, 3.8) is 0 Å². The molecule has 0 saturated heterocycles. The minimum absolute atomic E-state index is 0.555. The molecule has 0 radical (unpaired) electrons. The Labute approximate surface area is 101 Å². The van der Waals surface area contributed by atoms with E-state index in [1.807, 2.05) is 17.1 Å². The summed E-state index contributed by atoms with van der Waals surface area (Å²) in [5.74, 6) is 0.853. The van der Waals surface area contributed by atoms with Gasteiger partial charge in [0.2, 0.25) is 0 Å². The first-order chi connectivity index (χ1) is 8.34. The van der Waals surface area contributed by atoms with Crippen molar-refractivity contribution in [2.24, 2.45) is 5.92 Å². The molecule has 0 amide bonds. The average molecular weight is 227 g/mol. The van der Waals surface area contributed by atoms with E-state index in [9.17, 15) is 0 Å². The fourth-order valence-corrected chi connectivity index (χ4v) is 2.18. The summed E-state index contributed by atoms with van der Waals surface area (Å²) in [4.78, 5) is 4.10. The SMILES string of the molecule is CC(Nc1ccccc1-n1ccnc1)C1CC1. The van der Waals surface area contributed by atoms with Crippen LogP contribution in [0.3, 0.4) is 0 Å². The van der Waals surface area contributed by atoms with Gasteiger partial charge in [0.25, 0.3) is 0 Å². The smallest absolute Gasteiger partial charge is 0.0992 e. The highest BCUT2D eigenvalue weighted by molar-refractivity contribution is 5.61. The van der Waals surface area contributed by atoms with Crippen LogP contribution in [0.4, 0.5) is 5.69 Å². The molecule has 3 rings (SSSR count). The van der Waals surface area contributed by atoms with Crippen LogP contribution in [0.2, 0.25) is 0 Å². The van der Waals surface area contributed by atoms with E-state index in [-0.39, 0.29) is 0 Å². The zero-order valence-corrected chi connectivity index (χ0v) is 10.0. The van der Waals surface area contributed by atoms with Crippen molar-refractivity contribution in [1.29, 1.82) is 0 Å². The molecule has 0 bridgehead atoms. The molecule has 0 spiro atoms. The van der Waals surface area contributed by atoms with E-state index in [2.05, 4.69) is 41.5 Å². The van der Waals surface area contributed by atoms with Gasteiger partial charge < -0.3 is 9.88 Å². The minimum atomic E-state index is 0.555. The van der Waals surface area contributed by atoms with Gasteiger partial charge in [0.15, 0.2) is 0 Å². The Kier molecular flexibility index (Phi) is 2.59. The van der Waals surface area contributed by atoms with Crippen molar-refractivity contribution in [2.75, 3.05) is 5.32 Å². The van der Waals surface area contributed by atoms with Gasteiger partial charge in [-0.25, -0.2) is 4.98 Å². The monoisotopic (exact) mass is 227 g/mol. The molecular formula is C14H17N3. The maximum absolute atomic E-state index is 4.10. The minimum Gasteiger partial charge on any atom is -0.381 e. The fraction of sp³-hybridized carbons (Fsp3) is 0.357. The highest BCUT2D eigenvalue weighted by Crippen LogP contribution is 2.34. The van der Waals surface area contributed by atoms with Crippen molar-refractivity contribution in [3.05, 3.63) is 43.0 Å². The molecule has 1 heterocycles. The van der Waals surface area contributed by atoms with Gasteiger partial charge in [-0.1, -0.05) is 12.1 Å². The molecule has 17 heavy (non-hydrogen) atoms. The lowest BCUT2D eigenvalue weighted by atomic mass is 10.2. The number of rotatable bonds is 4.